The Morgan fingerprint density at radius 2 is 1.61 bits per heavy atom. The monoisotopic (exact) mass is 486 g/mol. The number of nitrogens with one attached hydrogen (secondary N) is 1. The normalized spacial score (nSPS) is 10.0. The standard InChI is InChI=1S/C23H24ClFN2O2.2ClH/c1-2-28-22-13-18(14-26-12-11-17-3-7-20(25)8-4-17)5-9-21(22)29-16-19-6-10-23(24)27-15-19;;/h3-10,13,15,26H,2,11-12,14,16H2,1H3;2*1H. The van der Waals surface area contributed by atoms with E-state index in [2.05, 4.69) is 10.3 Å². The molecule has 0 saturated carbocycles. The fourth-order valence-corrected chi connectivity index (χ4v) is 2.93. The molecule has 4 nitrogen and oxygen atoms in total. The minimum absolute atomic E-state index is 0. The lowest BCUT2D eigenvalue weighted by atomic mass is 10.1. The van der Waals surface area contributed by atoms with Crippen molar-refractivity contribution in [2.45, 2.75) is 26.5 Å². The summed E-state index contributed by atoms with van der Waals surface area (Å²) < 4.78 is 24.6. The first-order chi connectivity index (χ1) is 14.1. The zero-order chi connectivity index (χ0) is 20.5. The summed E-state index contributed by atoms with van der Waals surface area (Å²) in [7, 11) is 0. The highest BCUT2D eigenvalue weighted by Gasteiger charge is 2.07. The molecule has 0 unspecified atom stereocenters. The average Bonchev–Trinajstić information content (AvgIpc) is 2.73. The molecule has 0 atom stereocenters. The molecule has 8 heteroatoms. The molecule has 0 bridgehead atoms. The molecule has 0 radical (unpaired) electrons. The van der Waals surface area contributed by atoms with Gasteiger partial charge < -0.3 is 14.8 Å². The van der Waals surface area contributed by atoms with Crippen LogP contribution in [-0.4, -0.2) is 18.1 Å². The topological polar surface area (TPSA) is 43.4 Å². The zero-order valence-corrected chi connectivity index (χ0v) is 19.5. The molecule has 0 aliphatic carbocycles. The molecular weight excluding hydrogens is 462 g/mol. The summed E-state index contributed by atoms with van der Waals surface area (Å²) in [5.74, 6) is 1.20. The van der Waals surface area contributed by atoms with Crippen LogP contribution in [0.25, 0.3) is 0 Å². The zero-order valence-electron chi connectivity index (χ0n) is 17.1. The van der Waals surface area contributed by atoms with Gasteiger partial charge in [-0.1, -0.05) is 35.9 Å². The Morgan fingerprint density at radius 3 is 2.29 bits per heavy atom. The first kappa shape index (κ1) is 27.0. The van der Waals surface area contributed by atoms with E-state index in [-0.39, 0.29) is 30.6 Å². The van der Waals surface area contributed by atoms with Gasteiger partial charge in [-0.25, -0.2) is 9.37 Å². The Morgan fingerprint density at radius 1 is 0.903 bits per heavy atom. The lowest BCUT2D eigenvalue weighted by Crippen LogP contribution is -2.16. The van der Waals surface area contributed by atoms with Crippen molar-refractivity contribution in [3.63, 3.8) is 0 Å². The molecule has 168 valence electrons. The fraction of sp³-hybridized carbons (Fsp3) is 0.261. The highest BCUT2D eigenvalue weighted by atomic mass is 35.5. The second kappa shape index (κ2) is 14.1. The van der Waals surface area contributed by atoms with Gasteiger partial charge in [0.15, 0.2) is 11.5 Å². The molecule has 0 fully saturated rings. The van der Waals surface area contributed by atoms with Crippen LogP contribution in [0.3, 0.4) is 0 Å². The van der Waals surface area contributed by atoms with Crippen LogP contribution in [0.2, 0.25) is 5.15 Å². The summed E-state index contributed by atoms with van der Waals surface area (Å²) in [5.41, 5.74) is 3.14. The summed E-state index contributed by atoms with van der Waals surface area (Å²) in [6.07, 6.45) is 2.54. The Bertz CT molecular complexity index is 910. The van der Waals surface area contributed by atoms with Crippen molar-refractivity contribution in [2.24, 2.45) is 0 Å². The summed E-state index contributed by atoms with van der Waals surface area (Å²) in [4.78, 5) is 4.06. The van der Waals surface area contributed by atoms with Crippen molar-refractivity contribution in [1.82, 2.24) is 10.3 Å². The maximum absolute atomic E-state index is 13.0. The Hall–Kier alpha value is -2.05. The van der Waals surface area contributed by atoms with Gasteiger partial charge in [-0.15, -0.1) is 24.8 Å². The van der Waals surface area contributed by atoms with Crippen molar-refractivity contribution in [3.05, 3.63) is 88.5 Å². The molecule has 31 heavy (non-hydrogen) atoms. The number of rotatable bonds is 10. The smallest absolute Gasteiger partial charge is 0.161 e. The van der Waals surface area contributed by atoms with Crippen molar-refractivity contribution in [2.75, 3.05) is 13.2 Å². The minimum atomic E-state index is -0.209. The molecule has 0 saturated heterocycles. The fourth-order valence-electron chi connectivity index (χ4n) is 2.82. The number of nitrogens with zero attached hydrogens (tertiary/aromatic N) is 1. The number of halogens is 4. The highest BCUT2D eigenvalue weighted by Crippen LogP contribution is 2.29. The maximum Gasteiger partial charge on any atom is 0.161 e. The summed E-state index contributed by atoms with van der Waals surface area (Å²) >= 11 is 5.81. The lowest BCUT2D eigenvalue weighted by molar-refractivity contribution is 0.269. The number of hydrogen-bond acceptors (Lipinski definition) is 4. The van der Waals surface area contributed by atoms with Gasteiger partial charge in [-0.05, 0) is 61.3 Å². The third kappa shape index (κ3) is 8.91. The Labute approximate surface area is 200 Å². The molecule has 0 spiro atoms. The van der Waals surface area contributed by atoms with Crippen LogP contribution in [0.1, 0.15) is 23.6 Å². The largest absolute Gasteiger partial charge is 0.490 e. The molecule has 3 rings (SSSR count). The first-order valence-corrected chi connectivity index (χ1v) is 9.96. The van der Waals surface area contributed by atoms with E-state index in [0.29, 0.717) is 36.4 Å². The number of ether oxygens (including phenoxy) is 2. The van der Waals surface area contributed by atoms with E-state index in [1.807, 2.05) is 43.3 Å². The number of hydrogen-bond donors (Lipinski definition) is 1. The van der Waals surface area contributed by atoms with Gasteiger partial charge in [0.25, 0.3) is 0 Å². The Balaban J connectivity index is 0.00000240. The molecule has 1 heterocycles. The van der Waals surface area contributed by atoms with Crippen molar-refractivity contribution in [3.8, 4) is 11.5 Å². The third-order valence-corrected chi connectivity index (χ3v) is 4.55. The number of benzene rings is 2. The van der Waals surface area contributed by atoms with E-state index in [4.69, 9.17) is 21.1 Å². The van der Waals surface area contributed by atoms with Crippen molar-refractivity contribution in [1.29, 1.82) is 0 Å². The third-order valence-electron chi connectivity index (χ3n) is 4.32. The van der Waals surface area contributed by atoms with E-state index in [1.165, 1.54) is 12.1 Å². The van der Waals surface area contributed by atoms with Crippen LogP contribution in [0.5, 0.6) is 11.5 Å². The van der Waals surface area contributed by atoms with E-state index < -0.39 is 0 Å². The predicted octanol–water partition coefficient (Wildman–Crippen LogP) is 6.03. The van der Waals surface area contributed by atoms with Crippen LogP contribution < -0.4 is 14.8 Å². The van der Waals surface area contributed by atoms with Crippen LogP contribution in [0.4, 0.5) is 4.39 Å². The van der Waals surface area contributed by atoms with Crippen LogP contribution in [0, 0.1) is 5.82 Å². The molecule has 1 N–H and O–H groups in total. The SMILES string of the molecule is CCOc1cc(CNCCc2ccc(F)cc2)ccc1OCc1ccc(Cl)nc1.Cl.Cl. The highest BCUT2D eigenvalue weighted by molar-refractivity contribution is 6.29. The summed E-state index contributed by atoms with van der Waals surface area (Å²) in [5, 5.41) is 3.86. The van der Waals surface area contributed by atoms with E-state index in [1.54, 1.807) is 12.3 Å². The van der Waals surface area contributed by atoms with Crippen LogP contribution in [-0.2, 0) is 19.6 Å². The van der Waals surface area contributed by atoms with Crippen LogP contribution in [0.15, 0.2) is 60.8 Å². The second-order valence-corrected chi connectivity index (χ2v) is 6.93. The molecule has 1 aromatic heterocycles. The lowest BCUT2D eigenvalue weighted by Gasteiger charge is -2.14. The maximum atomic E-state index is 13.0. The average molecular weight is 488 g/mol. The molecule has 3 aromatic rings. The summed E-state index contributed by atoms with van der Waals surface area (Å²) in [6.45, 7) is 4.40. The second-order valence-electron chi connectivity index (χ2n) is 6.55. The van der Waals surface area contributed by atoms with Gasteiger partial charge in [-0.3, -0.25) is 0 Å². The van der Waals surface area contributed by atoms with Gasteiger partial charge in [0, 0.05) is 18.3 Å². The minimum Gasteiger partial charge on any atom is -0.490 e. The molecule has 0 amide bonds. The number of aromatic nitrogens is 1. The van der Waals surface area contributed by atoms with E-state index >= 15 is 0 Å². The van der Waals surface area contributed by atoms with E-state index in [0.717, 1.165) is 29.7 Å². The van der Waals surface area contributed by atoms with Gasteiger partial charge in [-0.2, -0.15) is 0 Å². The van der Waals surface area contributed by atoms with Crippen molar-refractivity contribution >= 4 is 36.4 Å². The molecule has 2 aromatic carbocycles. The molecule has 0 aliphatic heterocycles. The molecular formula is C23H26Cl3FN2O2. The van der Waals surface area contributed by atoms with Gasteiger partial charge in [0.1, 0.15) is 17.6 Å². The van der Waals surface area contributed by atoms with Gasteiger partial charge in [0.05, 0.1) is 6.61 Å². The Kier molecular flexibility index (Phi) is 12.3. The number of pyridine rings is 1. The van der Waals surface area contributed by atoms with E-state index in [9.17, 15) is 4.39 Å². The first-order valence-electron chi connectivity index (χ1n) is 9.58. The van der Waals surface area contributed by atoms with Crippen molar-refractivity contribution < 1.29 is 13.9 Å². The predicted molar refractivity (Wildman–Crippen MR) is 127 cm³/mol. The van der Waals surface area contributed by atoms with Crippen LogP contribution >= 0.6 is 36.4 Å². The molecule has 0 aliphatic rings. The van der Waals surface area contributed by atoms with Gasteiger partial charge in [0.2, 0.25) is 0 Å². The van der Waals surface area contributed by atoms with Gasteiger partial charge >= 0.3 is 0 Å². The quantitative estimate of drug-likeness (QED) is 0.280. The summed E-state index contributed by atoms with van der Waals surface area (Å²) in [6, 6.07) is 16.2.